The topological polar surface area (TPSA) is 32.3 Å². The highest BCUT2D eigenvalue weighted by molar-refractivity contribution is 9.10. The molecule has 1 aromatic carbocycles. The van der Waals surface area contributed by atoms with Crippen molar-refractivity contribution in [2.24, 2.45) is 0 Å². The van der Waals surface area contributed by atoms with Gasteiger partial charge in [0.25, 0.3) is 5.91 Å². The number of carbonyl (C=O) groups excluding carboxylic acids is 1. The molecule has 0 aromatic heterocycles. The van der Waals surface area contributed by atoms with Crippen molar-refractivity contribution in [2.45, 2.75) is 19.4 Å². The highest BCUT2D eigenvalue weighted by atomic mass is 79.9. The van der Waals surface area contributed by atoms with Crippen LogP contribution in [0.3, 0.4) is 0 Å². The van der Waals surface area contributed by atoms with E-state index in [1.54, 1.807) is 6.07 Å². The number of nitrogens with zero attached hydrogens (tertiary/aromatic N) is 1. The monoisotopic (exact) mass is 316 g/mol. The summed E-state index contributed by atoms with van der Waals surface area (Å²) in [6.07, 6.45) is 0.828. The van der Waals surface area contributed by atoms with Crippen LogP contribution in [0.15, 0.2) is 22.7 Å². The first-order valence-corrected chi connectivity index (χ1v) is 6.60. The second-order valence-corrected chi connectivity index (χ2v) is 5.51. The molecule has 18 heavy (non-hydrogen) atoms. The molecular weight excluding hydrogens is 299 g/mol. The molecule has 0 saturated heterocycles. The number of nitrogens with one attached hydrogen (secondary N) is 1. The summed E-state index contributed by atoms with van der Waals surface area (Å²) in [5.74, 6) is -0.879. The summed E-state index contributed by atoms with van der Waals surface area (Å²) in [6.45, 7) is 2.79. The predicted octanol–water partition coefficient (Wildman–Crippen LogP) is 2.66. The Bertz CT molecular complexity index is 423. The zero-order chi connectivity index (χ0) is 13.7. The van der Waals surface area contributed by atoms with Crippen LogP contribution >= 0.6 is 15.9 Å². The number of carbonyl (C=O) groups is 1. The lowest BCUT2D eigenvalue weighted by atomic mass is 10.1. The first-order valence-electron chi connectivity index (χ1n) is 5.81. The molecule has 0 bridgehead atoms. The van der Waals surface area contributed by atoms with Gasteiger partial charge in [-0.15, -0.1) is 0 Å². The summed E-state index contributed by atoms with van der Waals surface area (Å²) in [7, 11) is 3.95. The van der Waals surface area contributed by atoms with Crippen molar-refractivity contribution in [1.82, 2.24) is 10.2 Å². The first-order chi connectivity index (χ1) is 8.40. The summed E-state index contributed by atoms with van der Waals surface area (Å²) in [5, 5.41) is 2.79. The van der Waals surface area contributed by atoms with Gasteiger partial charge in [0.1, 0.15) is 5.82 Å². The summed E-state index contributed by atoms with van der Waals surface area (Å²) < 4.78 is 14.2. The van der Waals surface area contributed by atoms with E-state index >= 15 is 0 Å². The van der Waals surface area contributed by atoms with Crippen LogP contribution in [0, 0.1) is 5.82 Å². The molecular formula is C13H18BrFN2O. The second kappa shape index (κ2) is 6.85. The third-order valence-electron chi connectivity index (χ3n) is 2.56. The van der Waals surface area contributed by atoms with Crippen LogP contribution in [0.5, 0.6) is 0 Å². The van der Waals surface area contributed by atoms with Crippen molar-refractivity contribution in [1.29, 1.82) is 0 Å². The van der Waals surface area contributed by atoms with E-state index in [0.717, 1.165) is 13.0 Å². The Kier molecular flexibility index (Phi) is 5.75. The molecule has 0 aliphatic rings. The zero-order valence-corrected chi connectivity index (χ0v) is 12.4. The normalized spacial score (nSPS) is 12.6. The second-order valence-electron chi connectivity index (χ2n) is 4.59. The summed E-state index contributed by atoms with van der Waals surface area (Å²) in [6, 6.07) is 4.35. The lowest BCUT2D eigenvalue weighted by Crippen LogP contribution is -2.35. The van der Waals surface area contributed by atoms with E-state index in [9.17, 15) is 9.18 Å². The lowest BCUT2D eigenvalue weighted by Gasteiger charge is -2.17. The maximum atomic E-state index is 13.5. The van der Waals surface area contributed by atoms with E-state index < -0.39 is 5.82 Å². The summed E-state index contributed by atoms with van der Waals surface area (Å²) in [5.41, 5.74) is 0.0704. The molecule has 1 aromatic rings. The third-order valence-corrected chi connectivity index (χ3v) is 3.05. The van der Waals surface area contributed by atoms with Gasteiger partial charge >= 0.3 is 0 Å². The molecule has 0 saturated carbocycles. The predicted molar refractivity (Wildman–Crippen MR) is 74.2 cm³/mol. The molecule has 0 spiro atoms. The van der Waals surface area contributed by atoms with E-state index in [4.69, 9.17) is 0 Å². The number of hydrogen-bond donors (Lipinski definition) is 1. The molecule has 5 heteroatoms. The molecule has 3 nitrogen and oxygen atoms in total. The number of halogens is 2. The van der Waals surface area contributed by atoms with Crippen LogP contribution in [0.1, 0.15) is 23.7 Å². The Labute approximate surface area is 115 Å². The van der Waals surface area contributed by atoms with E-state index in [2.05, 4.69) is 21.2 Å². The van der Waals surface area contributed by atoms with Crippen molar-refractivity contribution in [3.63, 3.8) is 0 Å². The van der Waals surface area contributed by atoms with Gasteiger partial charge in [-0.3, -0.25) is 4.79 Å². The minimum Gasteiger partial charge on any atom is -0.349 e. The van der Waals surface area contributed by atoms with Gasteiger partial charge in [-0.2, -0.15) is 0 Å². The molecule has 1 rings (SSSR count). The van der Waals surface area contributed by atoms with Gasteiger partial charge in [0.05, 0.1) is 5.56 Å². The largest absolute Gasteiger partial charge is 0.349 e. The lowest BCUT2D eigenvalue weighted by molar-refractivity contribution is 0.0932. The van der Waals surface area contributed by atoms with E-state index in [1.807, 2.05) is 25.9 Å². The zero-order valence-electron chi connectivity index (χ0n) is 10.8. The molecule has 1 unspecified atom stereocenters. The molecule has 1 amide bonds. The standard InChI is InChI=1S/C13H18BrFN2O/c1-9(6-7-17(2)3)16-13(18)11-8-10(14)4-5-12(11)15/h4-5,8-9H,6-7H2,1-3H3,(H,16,18). The van der Waals surface area contributed by atoms with Crippen molar-refractivity contribution < 1.29 is 9.18 Å². The van der Waals surface area contributed by atoms with Crippen molar-refractivity contribution in [3.8, 4) is 0 Å². The van der Waals surface area contributed by atoms with Crippen molar-refractivity contribution >= 4 is 21.8 Å². The molecule has 1 atom stereocenters. The fourth-order valence-corrected chi connectivity index (χ4v) is 1.86. The number of benzene rings is 1. The quantitative estimate of drug-likeness (QED) is 0.905. The molecule has 0 fully saturated rings. The Morgan fingerprint density at radius 1 is 1.50 bits per heavy atom. The van der Waals surface area contributed by atoms with Gasteiger partial charge in [0.15, 0.2) is 0 Å². The van der Waals surface area contributed by atoms with E-state index in [0.29, 0.717) is 4.47 Å². The van der Waals surface area contributed by atoms with Gasteiger partial charge in [-0.25, -0.2) is 4.39 Å². The molecule has 100 valence electrons. The molecule has 1 N–H and O–H groups in total. The van der Waals surface area contributed by atoms with E-state index in [1.165, 1.54) is 12.1 Å². The Balaban J connectivity index is 2.62. The average Bonchev–Trinajstić information content (AvgIpc) is 2.29. The smallest absolute Gasteiger partial charge is 0.254 e. The maximum Gasteiger partial charge on any atom is 0.254 e. The Morgan fingerprint density at radius 3 is 2.78 bits per heavy atom. The highest BCUT2D eigenvalue weighted by Crippen LogP contribution is 2.15. The number of amides is 1. The van der Waals surface area contributed by atoms with Gasteiger partial charge < -0.3 is 10.2 Å². The third kappa shape index (κ3) is 4.74. The van der Waals surface area contributed by atoms with E-state index in [-0.39, 0.29) is 17.5 Å². The SMILES string of the molecule is CC(CCN(C)C)NC(=O)c1cc(Br)ccc1F. The van der Waals surface area contributed by atoms with Crippen molar-refractivity contribution in [3.05, 3.63) is 34.1 Å². The highest BCUT2D eigenvalue weighted by Gasteiger charge is 2.14. The van der Waals surface area contributed by atoms with Gasteiger partial charge in [-0.05, 0) is 52.2 Å². The van der Waals surface area contributed by atoms with Crippen LogP contribution in [0.25, 0.3) is 0 Å². The minimum absolute atomic E-state index is 0.0123. The van der Waals surface area contributed by atoms with Gasteiger partial charge in [0, 0.05) is 10.5 Å². The molecule has 0 aliphatic heterocycles. The average molecular weight is 317 g/mol. The summed E-state index contributed by atoms with van der Waals surface area (Å²) >= 11 is 3.23. The van der Waals surface area contributed by atoms with Crippen LogP contribution in [0.4, 0.5) is 4.39 Å². The molecule has 0 heterocycles. The molecule has 0 radical (unpaired) electrons. The number of hydrogen-bond acceptors (Lipinski definition) is 2. The first kappa shape index (κ1) is 15.1. The van der Waals surface area contributed by atoms with Crippen LogP contribution in [-0.2, 0) is 0 Å². The van der Waals surface area contributed by atoms with Crippen LogP contribution < -0.4 is 5.32 Å². The fraction of sp³-hybridized carbons (Fsp3) is 0.462. The minimum atomic E-state index is -0.504. The van der Waals surface area contributed by atoms with Gasteiger partial charge in [-0.1, -0.05) is 15.9 Å². The summed E-state index contributed by atoms with van der Waals surface area (Å²) in [4.78, 5) is 13.9. The fourth-order valence-electron chi connectivity index (χ4n) is 1.50. The van der Waals surface area contributed by atoms with Crippen LogP contribution in [0.2, 0.25) is 0 Å². The number of rotatable bonds is 5. The van der Waals surface area contributed by atoms with Crippen LogP contribution in [-0.4, -0.2) is 37.5 Å². The van der Waals surface area contributed by atoms with Crippen molar-refractivity contribution in [2.75, 3.05) is 20.6 Å². The van der Waals surface area contributed by atoms with Gasteiger partial charge in [0.2, 0.25) is 0 Å². The Morgan fingerprint density at radius 2 is 2.17 bits per heavy atom. The Hall–Kier alpha value is -0.940. The molecule has 0 aliphatic carbocycles. The maximum absolute atomic E-state index is 13.5.